The van der Waals surface area contributed by atoms with Gasteiger partial charge in [0.25, 0.3) is 0 Å². The molecule has 1 rings (SSSR count). The Bertz CT molecular complexity index is 323. The van der Waals surface area contributed by atoms with E-state index in [1.165, 1.54) is 6.08 Å². The largest absolute Gasteiger partial charge is 0.478 e. The van der Waals surface area contributed by atoms with E-state index in [-0.39, 0.29) is 0 Å². The quantitative estimate of drug-likeness (QED) is 0.621. The predicted molar refractivity (Wildman–Crippen MR) is 48.6 cm³/mol. The van der Waals surface area contributed by atoms with Crippen molar-refractivity contribution in [1.29, 1.82) is 0 Å². The first-order valence-corrected chi connectivity index (χ1v) is 4.00. The first-order valence-electron chi connectivity index (χ1n) is 3.21. The van der Waals surface area contributed by atoms with Crippen LogP contribution in [0.3, 0.4) is 0 Å². The van der Waals surface area contributed by atoms with Crippen LogP contribution in [0.2, 0.25) is 0 Å². The first kappa shape index (κ1) is 8.93. The van der Waals surface area contributed by atoms with Crippen molar-refractivity contribution < 1.29 is 9.90 Å². The van der Waals surface area contributed by atoms with E-state index in [2.05, 4.69) is 20.9 Å². The number of hydrogen-bond donors (Lipinski definition) is 1. The van der Waals surface area contributed by atoms with Gasteiger partial charge >= 0.3 is 5.97 Å². The molecule has 0 fully saturated rings. The van der Waals surface area contributed by atoms with E-state index in [0.717, 1.165) is 11.6 Å². The third kappa shape index (κ3) is 2.84. The van der Waals surface area contributed by atoms with Gasteiger partial charge in [-0.25, -0.2) is 9.78 Å². The van der Waals surface area contributed by atoms with Gasteiger partial charge in [-0.3, -0.25) is 0 Å². The van der Waals surface area contributed by atoms with Crippen molar-refractivity contribution in [2.45, 2.75) is 0 Å². The lowest BCUT2D eigenvalue weighted by Crippen LogP contribution is -1.85. The van der Waals surface area contributed by atoms with Crippen LogP contribution in [0.5, 0.6) is 0 Å². The maximum absolute atomic E-state index is 10.1. The Labute approximate surface area is 77.9 Å². The molecule has 0 amide bonds. The molecule has 0 saturated carbocycles. The standard InChI is InChI=1S/C8H6BrNO2/c9-7-5-6(3-4-10-7)1-2-8(11)12/h1-5H,(H,11,12). The van der Waals surface area contributed by atoms with Crippen molar-refractivity contribution in [3.63, 3.8) is 0 Å². The Morgan fingerprint density at radius 1 is 1.67 bits per heavy atom. The van der Waals surface area contributed by atoms with Crippen LogP contribution in [-0.4, -0.2) is 16.1 Å². The van der Waals surface area contributed by atoms with E-state index in [0.29, 0.717) is 4.60 Å². The molecule has 1 aromatic heterocycles. The molecule has 0 unspecified atom stereocenters. The molecular formula is C8H6BrNO2. The molecule has 0 aliphatic carbocycles. The highest BCUT2D eigenvalue weighted by molar-refractivity contribution is 9.10. The number of carboxylic acids is 1. The summed E-state index contributed by atoms with van der Waals surface area (Å²) in [5.74, 6) is -0.956. The van der Waals surface area contributed by atoms with Gasteiger partial charge in [0.1, 0.15) is 4.60 Å². The SMILES string of the molecule is O=C(O)C=Cc1ccnc(Br)c1. The number of aromatic nitrogens is 1. The summed E-state index contributed by atoms with van der Waals surface area (Å²) in [6.45, 7) is 0. The number of aliphatic carboxylic acids is 1. The zero-order chi connectivity index (χ0) is 8.97. The number of pyridine rings is 1. The summed E-state index contributed by atoms with van der Waals surface area (Å²) in [7, 11) is 0. The maximum Gasteiger partial charge on any atom is 0.328 e. The summed E-state index contributed by atoms with van der Waals surface area (Å²) in [4.78, 5) is 14.0. The smallest absolute Gasteiger partial charge is 0.328 e. The lowest BCUT2D eigenvalue weighted by molar-refractivity contribution is -0.131. The highest BCUT2D eigenvalue weighted by atomic mass is 79.9. The third-order valence-electron chi connectivity index (χ3n) is 1.17. The van der Waals surface area contributed by atoms with Crippen LogP contribution in [0, 0.1) is 0 Å². The van der Waals surface area contributed by atoms with Crippen LogP contribution in [0.1, 0.15) is 5.56 Å². The molecule has 4 heteroatoms. The molecule has 1 heterocycles. The molecule has 3 nitrogen and oxygen atoms in total. The van der Waals surface area contributed by atoms with Crippen LogP contribution in [0.15, 0.2) is 29.0 Å². The molecule has 0 saturated heterocycles. The van der Waals surface area contributed by atoms with Crippen LogP contribution < -0.4 is 0 Å². The van der Waals surface area contributed by atoms with Crippen molar-refractivity contribution in [3.8, 4) is 0 Å². The first-order chi connectivity index (χ1) is 5.68. The fraction of sp³-hybridized carbons (Fsp3) is 0. The predicted octanol–water partition coefficient (Wildman–Crippen LogP) is 1.94. The zero-order valence-electron chi connectivity index (χ0n) is 6.07. The van der Waals surface area contributed by atoms with Gasteiger partial charge in [-0.05, 0) is 39.7 Å². The fourth-order valence-electron chi connectivity index (χ4n) is 0.689. The van der Waals surface area contributed by atoms with Crippen LogP contribution in [-0.2, 0) is 4.79 Å². The Morgan fingerprint density at radius 2 is 2.42 bits per heavy atom. The molecule has 0 aromatic carbocycles. The minimum atomic E-state index is -0.956. The molecule has 0 radical (unpaired) electrons. The number of halogens is 1. The molecule has 62 valence electrons. The van der Waals surface area contributed by atoms with Gasteiger partial charge in [0, 0.05) is 12.3 Å². The van der Waals surface area contributed by atoms with Gasteiger partial charge in [0.2, 0.25) is 0 Å². The molecule has 12 heavy (non-hydrogen) atoms. The number of hydrogen-bond acceptors (Lipinski definition) is 2. The lowest BCUT2D eigenvalue weighted by atomic mass is 10.2. The van der Waals surface area contributed by atoms with Crippen molar-refractivity contribution in [3.05, 3.63) is 34.6 Å². The average molecular weight is 228 g/mol. The van der Waals surface area contributed by atoms with Gasteiger partial charge in [-0.1, -0.05) is 0 Å². The second kappa shape index (κ2) is 4.01. The maximum atomic E-state index is 10.1. The van der Waals surface area contributed by atoms with E-state index < -0.39 is 5.97 Å². The summed E-state index contributed by atoms with van der Waals surface area (Å²) >= 11 is 3.18. The lowest BCUT2D eigenvalue weighted by Gasteiger charge is -1.91. The van der Waals surface area contributed by atoms with Gasteiger partial charge in [-0.15, -0.1) is 0 Å². The highest BCUT2D eigenvalue weighted by Crippen LogP contribution is 2.08. The Hall–Kier alpha value is -1.16. The van der Waals surface area contributed by atoms with Crippen molar-refractivity contribution in [2.75, 3.05) is 0 Å². The third-order valence-corrected chi connectivity index (χ3v) is 1.60. The average Bonchev–Trinajstić information content (AvgIpc) is 2.01. The fourth-order valence-corrected chi connectivity index (χ4v) is 1.07. The number of carbonyl (C=O) groups is 1. The Morgan fingerprint density at radius 3 is 3.00 bits per heavy atom. The Kier molecular flexibility index (Phi) is 2.99. The Balaban J connectivity index is 2.83. The van der Waals surface area contributed by atoms with Crippen molar-refractivity contribution >= 4 is 28.0 Å². The van der Waals surface area contributed by atoms with Crippen LogP contribution in [0.4, 0.5) is 0 Å². The van der Waals surface area contributed by atoms with Crippen LogP contribution >= 0.6 is 15.9 Å². The number of carboxylic acid groups (broad SMARTS) is 1. The summed E-state index contributed by atoms with van der Waals surface area (Å²) in [5.41, 5.74) is 0.805. The van der Waals surface area contributed by atoms with E-state index in [1.807, 2.05) is 0 Å². The molecule has 0 bridgehead atoms. The van der Waals surface area contributed by atoms with Gasteiger partial charge in [0.05, 0.1) is 0 Å². The molecule has 0 spiro atoms. The minimum Gasteiger partial charge on any atom is -0.478 e. The zero-order valence-corrected chi connectivity index (χ0v) is 7.65. The van der Waals surface area contributed by atoms with Crippen LogP contribution in [0.25, 0.3) is 6.08 Å². The molecular weight excluding hydrogens is 222 g/mol. The monoisotopic (exact) mass is 227 g/mol. The summed E-state index contributed by atoms with van der Waals surface area (Å²) in [5, 5.41) is 8.33. The van der Waals surface area contributed by atoms with Crippen molar-refractivity contribution in [1.82, 2.24) is 4.98 Å². The summed E-state index contributed by atoms with van der Waals surface area (Å²) in [6.07, 6.45) is 4.20. The number of rotatable bonds is 2. The molecule has 0 atom stereocenters. The van der Waals surface area contributed by atoms with E-state index in [4.69, 9.17) is 5.11 Å². The minimum absolute atomic E-state index is 0.690. The van der Waals surface area contributed by atoms with Crippen molar-refractivity contribution in [2.24, 2.45) is 0 Å². The van der Waals surface area contributed by atoms with Gasteiger partial charge in [0.15, 0.2) is 0 Å². The van der Waals surface area contributed by atoms with E-state index >= 15 is 0 Å². The molecule has 1 aromatic rings. The van der Waals surface area contributed by atoms with Gasteiger partial charge in [-0.2, -0.15) is 0 Å². The summed E-state index contributed by atoms with van der Waals surface area (Å²) in [6, 6.07) is 3.46. The molecule has 1 N–H and O–H groups in total. The molecule has 0 aliphatic rings. The summed E-state index contributed by atoms with van der Waals surface area (Å²) < 4.78 is 0.690. The normalized spacial score (nSPS) is 10.4. The van der Waals surface area contributed by atoms with E-state index in [9.17, 15) is 4.79 Å². The topological polar surface area (TPSA) is 50.2 Å². The second-order valence-electron chi connectivity index (χ2n) is 2.08. The highest BCUT2D eigenvalue weighted by Gasteiger charge is 1.90. The second-order valence-corrected chi connectivity index (χ2v) is 2.90. The molecule has 0 aliphatic heterocycles. The van der Waals surface area contributed by atoms with Gasteiger partial charge < -0.3 is 5.11 Å². The van der Waals surface area contributed by atoms with E-state index in [1.54, 1.807) is 18.3 Å². The number of nitrogens with zero attached hydrogens (tertiary/aromatic N) is 1.